The van der Waals surface area contributed by atoms with Gasteiger partial charge < -0.3 is 4.74 Å². The van der Waals surface area contributed by atoms with Crippen LogP contribution in [0.3, 0.4) is 0 Å². The van der Waals surface area contributed by atoms with Crippen molar-refractivity contribution in [2.45, 2.75) is 4.90 Å². The molecule has 100 valence electrons. The highest BCUT2D eigenvalue weighted by molar-refractivity contribution is 14.1. The number of methoxy groups -OCH3 is 1. The number of rotatable bonds is 2. The van der Waals surface area contributed by atoms with Crippen molar-refractivity contribution in [3.63, 3.8) is 0 Å². The lowest BCUT2D eigenvalue weighted by molar-refractivity contribution is 0.104. The number of carbonyl (C=O) groups excluding carboxylic acids is 1. The van der Waals surface area contributed by atoms with Crippen molar-refractivity contribution in [1.29, 1.82) is 0 Å². The minimum atomic E-state index is 0.108. The summed E-state index contributed by atoms with van der Waals surface area (Å²) in [6.07, 6.45) is 1.94. The minimum Gasteiger partial charge on any atom is -0.496 e. The Bertz CT molecular complexity index is 722. The van der Waals surface area contributed by atoms with Crippen LogP contribution < -0.4 is 4.74 Å². The van der Waals surface area contributed by atoms with Crippen LogP contribution >= 0.6 is 34.4 Å². The molecule has 4 heteroatoms. The molecule has 0 radical (unpaired) electrons. The van der Waals surface area contributed by atoms with Gasteiger partial charge in [-0.2, -0.15) is 0 Å². The average Bonchev–Trinajstić information content (AvgIpc) is 2.76. The number of carbonyl (C=O) groups is 1. The molecule has 0 bridgehead atoms. The summed E-state index contributed by atoms with van der Waals surface area (Å²) in [5.74, 6) is 0.956. The third kappa shape index (κ3) is 2.50. The van der Waals surface area contributed by atoms with E-state index < -0.39 is 0 Å². The summed E-state index contributed by atoms with van der Waals surface area (Å²) in [6.45, 7) is 0. The Hall–Kier alpha value is -1.27. The van der Waals surface area contributed by atoms with Crippen LogP contribution in [0, 0.1) is 3.57 Å². The number of halogens is 1. The second-order valence-electron chi connectivity index (χ2n) is 4.33. The summed E-state index contributed by atoms with van der Waals surface area (Å²) in [6, 6.07) is 13.6. The molecule has 20 heavy (non-hydrogen) atoms. The second kappa shape index (κ2) is 5.61. The van der Waals surface area contributed by atoms with E-state index in [0.717, 1.165) is 30.2 Å². The third-order valence-corrected chi connectivity index (χ3v) is 4.99. The number of allylic oxidation sites excluding steroid dienone is 1. The normalized spacial score (nSPS) is 15.5. The Labute approximate surface area is 135 Å². The molecule has 1 heterocycles. The van der Waals surface area contributed by atoms with E-state index in [1.54, 1.807) is 7.11 Å². The van der Waals surface area contributed by atoms with E-state index in [9.17, 15) is 4.79 Å². The maximum Gasteiger partial charge on any atom is 0.200 e. The van der Waals surface area contributed by atoms with E-state index in [4.69, 9.17) is 4.74 Å². The fourth-order valence-electron chi connectivity index (χ4n) is 2.06. The Kier molecular flexibility index (Phi) is 3.85. The van der Waals surface area contributed by atoms with Gasteiger partial charge in [-0.25, -0.2) is 0 Å². The summed E-state index contributed by atoms with van der Waals surface area (Å²) < 4.78 is 6.28. The van der Waals surface area contributed by atoms with Gasteiger partial charge in [-0.1, -0.05) is 30.0 Å². The van der Waals surface area contributed by atoms with Crippen LogP contribution in [0.1, 0.15) is 15.9 Å². The van der Waals surface area contributed by atoms with E-state index in [1.807, 2.05) is 48.5 Å². The molecular formula is C16H11IO2S. The molecular weight excluding hydrogens is 383 g/mol. The van der Waals surface area contributed by atoms with Gasteiger partial charge >= 0.3 is 0 Å². The molecule has 0 atom stereocenters. The van der Waals surface area contributed by atoms with Crippen LogP contribution in [0.5, 0.6) is 5.75 Å². The Balaban J connectivity index is 1.95. The van der Waals surface area contributed by atoms with E-state index >= 15 is 0 Å². The molecule has 0 spiro atoms. The average molecular weight is 394 g/mol. The van der Waals surface area contributed by atoms with E-state index in [1.165, 1.54) is 11.8 Å². The molecule has 0 saturated carbocycles. The SMILES string of the molecule is COc1ccc(/C=C2/Sc3ccccc3C2=O)cc1I. The Morgan fingerprint density at radius 1 is 1.20 bits per heavy atom. The second-order valence-corrected chi connectivity index (χ2v) is 6.58. The highest BCUT2D eigenvalue weighted by Crippen LogP contribution is 2.40. The molecule has 3 rings (SSSR count). The molecule has 2 aromatic rings. The molecule has 0 fully saturated rings. The molecule has 0 amide bonds. The van der Waals surface area contributed by atoms with Crippen molar-refractivity contribution in [3.8, 4) is 5.75 Å². The summed E-state index contributed by atoms with van der Waals surface area (Å²) >= 11 is 3.76. The van der Waals surface area contributed by atoms with E-state index in [0.29, 0.717) is 0 Å². The van der Waals surface area contributed by atoms with E-state index in [2.05, 4.69) is 22.6 Å². The summed E-state index contributed by atoms with van der Waals surface area (Å²) in [5, 5.41) is 0. The van der Waals surface area contributed by atoms with Crippen molar-refractivity contribution >= 4 is 46.2 Å². The maximum absolute atomic E-state index is 12.3. The highest BCUT2D eigenvalue weighted by Gasteiger charge is 2.25. The van der Waals surface area contributed by atoms with Crippen LogP contribution in [-0.2, 0) is 0 Å². The number of fused-ring (bicyclic) bond motifs is 1. The largest absolute Gasteiger partial charge is 0.496 e. The van der Waals surface area contributed by atoms with Crippen molar-refractivity contribution in [1.82, 2.24) is 0 Å². The van der Waals surface area contributed by atoms with Gasteiger partial charge in [-0.15, -0.1) is 0 Å². The zero-order chi connectivity index (χ0) is 14.1. The van der Waals surface area contributed by atoms with Gasteiger partial charge in [-0.05, 0) is 58.5 Å². The number of ether oxygens (including phenoxy) is 1. The van der Waals surface area contributed by atoms with Crippen molar-refractivity contribution in [2.75, 3.05) is 7.11 Å². The van der Waals surface area contributed by atoms with Crippen LogP contribution in [0.25, 0.3) is 6.08 Å². The van der Waals surface area contributed by atoms with Crippen LogP contribution in [0.4, 0.5) is 0 Å². The predicted molar refractivity (Wildman–Crippen MR) is 90.3 cm³/mol. The molecule has 2 nitrogen and oxygen atoms in total. The molecule has 0 aromatic heterocycles. The fourth-order valence-corrected chi connectivity index (χ4v) is 3.87. The van der Waals surface area contributed by atoms with Crippen molar-refractivity contribution in [2.24, 2.45) is 0 Å². The van der Waals surface area contributed by atoms with E-state index in [-0.39, 0.29) is 5.78 Å². The van der Waals surface area contributed by atoms with Gasteiger partial charge in [0.25, 0.3) is 0 Å². The summed E-state index contributed by atoms with van der Waals surface area (Å²) in [4.78, 5) is 14.1. The first kappa shape index (κ1) is 13.7. The van der Waals surface area contributed by atoms with Crippen molar-refractivity contribution < 1.29 is 9.53 Å². The number of ketones is 1. The van der Waals surface area contributed by atoms with Crippen LogP contribution in [-0.4, -0.2) is 12.9 Å². The van der Waals surface area contributed by atoms with Gasteiger partial charge in [0, 0.05) is 10.5 Å². The zero-order valence-corrected chi connectivity index (χ0v) is 13.7. The number of Topliss-reactive ketones (excluding diaryl/α,β-unsaturated/α-hetero) is 1. The molecule has 0 aliphatic carbocycles. The third-order valence-electron chi connectivity index (χ3n) is 3.05. The van der Waals surface area contributed by atoms with Crippen molar-refractivity contribution in [3.05, 3.63) is 62.1 Å². The number of hydrogen-bond acceptors (Lipinski definition) is 3. The first-order valence-corrected chi connectivity index (χ1v) is 7.95. The first-order chi connectivity index (χ1) is 9.69. The molecule has 1 aliphatic rings. The van der Waals surface area contributed by atoms with Crippen LogP contribution in [0.15, 0.2) is 52.3 Å². The highest BCUT2D eigenvalue weighted by atomic mass is 127. The number of benzene rings is 2. The molecule has 2 aromatic carbocycles. The number of thioether (sulfide) groups is 1. The lowest BCUT2D eigenvalue weighted by atomic mass is 10.1. The lowest BCUT2D eigenvalue weighted by Crippen LogP contribution is -1.94. The lowest BCUT2D eigenvalue weighted by Gasteiger charge is -2.04. The monoisotopic (exact) mass is 394 g/mol. The molecule has 1 aliphatic heterocycles. The summed E-state index contributed by atoms with van der Waals surface area (Å²) in [7, 11) is 1.66. The Morgan fingerprint density at radius 2 is 2.00 bits per heavy atom. The van der Waals surface area contributed by atoms with Gasteiger partial charge in [0.1, 0.15) is 5.75 Å². The van der Waals surface area contributed by atoms with Gasteiger partial charge in [0.15, 0.2) is 0 Å². The van der Waals surface area contributed by atoms with Gasteiger partial charge in [0.2, 0.25) is 5.78 Å². The smallest absolute Gasteiger partial charge is 0.200 e. The standard InChI is InChI=1S/C16H11IO2S/c1-19-13-7-6-10(8-12(13)17)9-15-16(18)11-4-2-3-5-14(11)20-15/h2-9H,1H3/b15-9+. The van der Waals surface area contributed by atoms with Gasteiger partial charge in [-0.3, -0.25) is 4.79 Å². The molecule has 0 N–H and O–H groups in total. The predicted octanol–water partition coefficient (Wildman–Crippen LogP) is 4.63. The maximum atomic E-state index is 12.3. The fraction of sp³-hybridized carbons (Fsp3) is 0.0625. The minimum absolute atomic E-state index is 0.108. The first-order valence-electron chi connectivity index (χ1n) is 6.06. The number of hydrogen-bond donors (Lipinski definition) is 0. The topological polar surface area (TPSA) is 26.3 Å². The van der Waals surface area contributed by atoms with Crippen LogP contribution in [0.2, 0.25) is 0 Å². The summed E-state index contributed by atoms with van der Waals surface area (Å²) in [5.41, 5.74) is 1.81. The zero-order valence-electron chi connectivity index (χ0n) is 10.7. The Morgan fingerprint density at radius 3 is 2.70 bits per heavy atom. The quantitative estimate of drug-likeness (QED) is 0.549. The molecule has 0 unspecified atom stereocenters. The molecule has 0 saturated heterocycles. The van der Waals surface area contributed by atoms with Gasteiger partial charge in [0.05, 0.1) is 15.6 Å².